The van der Waals surface area contributed by atoms with Crippen LogP contribution in [-0.2, 0) is 11.2 Å². The van der Waals surface area contributed by atoms with Gasteiger partial charge in [0.15, 0.2) is 0 Å². The zero-order valence-corrected chi connectivity index (χ0v) is 14.4. The average molecular weight is 349 g/mol. The number of nitrogens with zero attached hydrogens (tertiary/aromatic N) is 2. The van der Waals surface area contributed by atoms with Crippen LogP contribution in [-0.4, -0.2) is 10.8 Å². The molecule has 0 radical (unpaired) electrons. The third-order valence-electron chi connectivity index (χ3n) is 3.81. The molecule has 2 aromatic rings. The summed E-state index contributed by atoms with van der Waals surface area (Å²) in [6.45, 7) is 2.13. The van der Waals surface area contributed by atoms with Crippen molar-refractivity contribution in [2.45, 2.75) is 26.2 Å². The smallest absolute Gasteiger partial charge is 0.269 e. The summed E-state index contributed by atoms with van der Waals surface area (Å²) in [4.78, 5) is 22.4. The van der Waals surface area contributed by atoms with E-state index in [4.69, 9.17) is 0 Å². The largest absolute Gasteiger partial charge is 0.321 e. The second-order valence-corrected chi connectivity index (χ2v) is 5.77. The maximum Gasteiger partial charge on any atom is 0.269 e. The number of benzene rings is 2. The molecule has 0 aliphatic heterocycles. The van der Waals surface area contributed by atoms with Crippen molar-refractivity contribution in [1.82, 2.24) is 0 Å². The highest BCUT2D eigenvalue weighted by Gasteiger charge is 2.10. The van der Waals surface area contributed by atoms with E-state index in [2.05, 4.69) is 12.2 Å². The first-order chi connectivity index (χ1) is 12.5. The summed E-state index contributed by atoms with van der Waals surface area (Å²) in [5.41, 5.74) is 2.23. The number of nitro groups is 1. The molecule has 0 fully saturated rings. The first-order valence-corrected chi connectivity index (χ1v) is 8.30. The lowest BCUT2D eigenvalue weighted by atomic mass is 10.1. The van der Waals surface area contributed by atoms with Crippen LogP contribution in [0.4, 0.5) is 11.4 Å². The van der Waals surface area contributed by atoms with Crippen molar-refractivity contribution in [2.24, 2.45) is 0 Å². The molecule has 0 saturated heterocycles. The highest BCUT2D eigenvalue weighted by Crippen LogP contribution is 2.16. The van der Waals surface area contributed by atoms with Gasteiger partial charge in [-0.05, 0) is 54.3 Å². The van der Waals surface area contributed by atoms with E-state index in [0.29, 0.717) is 11.3 Å². The fourth-order valence-corrected chi connectivity index (χ4v) is 2.34. The van der Waals surface area contributed by atoms with E-state index in [1.807, 2.05) is 30.3 Å². The number of rotatable bonds is 7. The lowest BCUT2D eigenvalue weighted by Crippen LogP contribution is -2.13. The number of nitrogens with one attached hydrogen (secondary N) is 1. The molecule has 132 valence electrons. The van der Waals surface area contributed by atoms with Crippen molar-refractivity contribution in [2.75, 3.05) is 5.32 Å². The van der Waals surface area contributed by atoms with Crippen LogP contribution in [0.2, 0.25) is 0 Å². The third kappa shape index (κ3) is 5.28. The maximum atomic E-state index is 12.3. The van der Waals surface area contributed by atoms with E-state index >= 15 is 0 Å². The summed E-state index contributed by atoms with van der Waals surface area (Å²) in [7, 11) is 0. The molecule has 1 N–H and O–H groups in total. The molecule has 0 bridgehead atoms. The lowest BCUT2D eigenvalue weighted by molar-refractivity contribution is -0.384. The number of carbonyl (C=O) groups is 1. The van der Waals surface area contributed by atoms with Gasteiger partial charge in [0, 0.05) is 17.8 Å². The predicted octanol–water partition coefficient (Wildman–Crippen LogP) is 4.48. The van der Waals surface area contributed by atoms with Gasteiger partial charge in [0.25, 0.3) is 11.6 Å². The van der Waals surface area contributed by atoms with Gasteiger partial charge in [0.2, 0.25) is 0 Å². The fraction of sp³-hybridized carbons (Fsp3) is 0.200. The Morgan fingerprint density at radius 2 is 1.85 bits per heavy atom. The van der Waals surface area contributed by atoms with Crippen LogP contribution in [0, 0.1) is 21.4 Å². The first-order valence-electron chi connectivity index (χ1n) is 8.30. The minimum absolute atomic E-state index is 0.0479. The molecule has 0 unspecified atom stereocenters. The number of aryl methyl sites for hydroxylation is 1. The van der Waals surface area contributed by atoms with Crippen molar-refractivity contribution in [3.05, 3.63) is 75.3 Å². The molecule has 0 atom stereocenters. The number of unbranched alkanes of at least 4 members (excludes halogenated alkanes) is 1. The van der Waals surface area contributed by atoms with Crippen LogP contribution in [0.3, 0.4) is 0 Å². The molecule has 2 aromatic carbocycles. The number of amides is 1. The minimum Gasteiger partial charge on any atom is -0.321 e. The number of nitriles is 1. The second kappa shape index (κ2) is 9.14. The summed E-state index contributed by atoms with van der Waals surface area (Å²) in [6, 6.07) is 15.0. The fourth-order valence-electron chi connectivity index (χ4n) is 2.34. The molecule has 6 heteroatoms. The molecule has 0 spiro atoms. The van der Waals surface area contributed by atoms with Gasteiger partial charge in [-0.3, -0.25) is 14.9 Å². The van der Waals surface area contributed by atoms with E-state index in [-0.39, 0.29) is 11.3 Å². The number of nitro benzene ring substituents is 1. The van der Waals surface area contributed by atoms with Gasteiger partial charge in [0.1, 0.15) is 11.6 Å². The van der Waals surface area contributed by atoms with Gasteiger partial charge < -0.3 is 5.32 Å². The number of hydrogen-bond acceptors (Lipinski definition) is 4. The quantitative estimate of drug-likeness (QED) is 0.345. The lowest BCUT2D eigenvalue weighted by Gasteiger charge is -2.06. The molecule has 1 amide bonds. The SMILES string of the molecule is CCCCc1ccc(NC(=O)/C(C#N)=C/c2ccc([N+](=O)[O-])cc2)cc1. The van der Waals surface area contributed by atoms with E-state index in [1.165, 1.54) is 35.9 Å². The monoisotopic (exact) mass is 349 g/mol. The van der Waals surface area contributed by atoms with Gasteiger partial charge in [-0.25, -0.2) is 0 Å². The molecular weight excluding hydrogens is 330 g/mol. The Balaban J connectivity index is 2.08. The van der Waals surface area contributed by atoms with Gasteiger partial charge in [-0.15, -0.1) is 0 Å². The van der Waals surface area contributed by atoms with E-state index < -0.39 is 10.8 Å². The molecule has 26 heavy (non-hydrogen) atoms. The predicted molar refractivity (Wildman–Crippen MR) is 100 cm³/mol. The topological polar surface area (TPSA) is 96.0 Å². The molecule has 0 saturated carbocycles. The number of hydrogen-bond donors (Lipinski definition) is 1. The Kier molecular flexibility index (Phi) is 6.63. The van der Waals surface area contributed by atoms with Crippen molar-refractivity contribution in [1.29, 1.82) is 5.26 Å². The number of non-ortho nitro benzene ring substituents is 1. The van der Waals surface area contributed by atoms with Crippen molar-refractivity contribution >= 4 is 23.4 Å². The maximum absolute atomic E-state index is 12.3. The molecule has 0 heterocycles. The van der Waals surface area contributed by atoms with Crippen LogP contribution < -0.4 is 5.32 Å². The number of anilines is 1. The van der Waals surface area contributed by atoms with Crippen LogP contribution in [0.15, 0.2) is 54.1 Å². The van der Waals surface area contributed by atoms with Crippen LogP contribution in [0.25, 0.3) is 6.08 Å². The molecule has 2 rings (SSSR count). The Morgan fingerprint density at radius 1 is 1.19 bits per heavy atom. The van der Waals surface area contributed by atoms with Crippen molar-refractivity contribution in [3.8, 4) is 6.07 Å². The second-order valence-electron chi connectivity index (χ2n) is 5.77. The van der Waals surface area contributed by atoms with E-state index in [0.717, 1.165) is 19.3 Å². The minimum atomic E-state index is -0.521. The van der Waals surface area contributed by atoms with Crippen molar-refractivity contribution < 1.29 is 9.72 Å². The molecular formula is C20H19N3O3. The summed E-state index contributed by atoms with van der Waals surface area (Å²) in [6.07, 6.45) is 4.63. The standard InChI is InChI=1S/C20H19N3O3/c1-2-3-4-15-5-9-18(10-6-15)22-20(24)17(14-21)13-16-7-11-19(12-8-16)23(25)26/h5-13H,2-4H2,1H3,(H,22,24)/b17-13+. The van der Waals surface area contributed by atoms with E-state index in [1.54, 1.807) is 0 Å². The Hall–Kier alpha value is -3.46. The molecule has 0 aliphatic carbocycles. The zero-order valence-electron chi connectivity index (χ0n) is 14.4. The summed E-state index contributed by atoms with van der Waals surface area (Å²) in [5.74, 6) is -0.521. The average Bonchev–Trinajstić information content (AvgIpc) is 2.65. The number of carbonyl (C=O) groups excluding carboxylic acids is 1. The molecule has 0 aromatic heterocycles. The molecule has 0 aliphatic rings. The van der Waals surface area contributed by atoms with Crippen molar-refractivity contribution in [3.63, 3.8) is 0 Å². The summed E-state index contributed by atoms with van der Waals surface area (Å²) < 4.78 is 0. The normalized spacial score (nSPS) is 10.8. The summed E-state index contributed by atoms with van der Waals surface area (Å²) in [5, 5.41) is 22.6. The van der Waals surface area contributed by atoms with Gasteiger partial charge in [0.05, 0.1) is 4.92 Å². The Bertz CT molecular complexity index is 847. The highest BCUT2D eigenvalue weighted by molar-refractivity contribution is 6.09. The van der Waals surface area contributed by atoms with Crippen LogP contribution in [0.5, 0.6) is 0 Å². The molecule has 6 nitrogen and oxygen atoms in total. The van der Waals surface area contributed by atoms with Crippen LogP contribution >= 0.6 is 0 Å². The van der Waals surface area contributed by atoms with Gasteiger partial charge in [-0.1, -0.05) is 25.5 Å². The van der Waals surface area contributed by atoms with Gasteiger partial charge in [-0.2, -0.15) is 5.26 Å². The van der Waals surface area contributed by atoms with Gasteiger partial charge >= 0.3 is 0 Å². The third-order valence-corrected chi connectivity index (χ3v) is 3.81. The zero-order chi connectivity index (χ0) is 18.9. The first kappa shape index (κ1) is 18.9. The van der Waals surface area contributed by atoms with E-state index in [9.17, 15) is 20.2 Å². The van der Waals surface area contributed by atoms with Crippen LogP contribution in [0.1, 0.15) is 30.9 Å². The summed E-state index contributed by atoms with van der Waals surface area (Å²) >= 11 is 0. The highest BCUT2D eigenvalue weighted by atomic mass is 16.6. The Morgan fingerprint density at radius 3 is 2.38 bits per heavy atom. The Labute approximate surface area is 151 Å².